The minimum Gasteiger partial charge on any atom is -0.493 e. The quantitative estimate of drug-likeness (QED) is 0.747. The molecule has 1 fully saturated rings. The van der Waals surface area contributed by atoms with Crippen molar-refractivity contribution in [1.82, 2.24) is 4.31 Å². The number of carbonyl (C=O) groups excluding carboxylic acids is 1. The molecule has 1 N–H and O–H groups in total. The average molecular weight is 440 g/mol. The zero-order chi connectivity index (χ0) is 21.9. The van der Waals surface area contributed by atoms with E-state index in [1.807, 2.05) is 0 Å². The largest absolute Gasteiger partial charge is 0.493 e. The first kappa shape index (κ1) is 22.0. The van der Waals surface area contributed by atoms with Crippen LogP contribution >= 0.6 is 0 Å². The highest BCUT2D eigenvalue weighted by Crippen LogP contribution is 2.32. The Morgan fingerprint density at radius 3 is 2.47 bits per heavy atom. The maximum Gasteiger partial charge on any atom is 0.243 e. The molecule has 1 aliphatic rings. The van der Waals surface area contributed by atoms with E-state index in [0.29, 0.717) is 18.6 Å². The molecule has 1 aliphatic heterocycles. The van der Waals surface area contributed by atoms with Gasteiger partial charge < -0.3 is 14.8 Å². The minimum atomic E-state index is -3.86. The van der Waals surface area contributed by atoms with Crippen LogP contribution in [0, 0.1) is 17.6 Å². The van der Waals surface area contributed by atoms with Crippen LogP contribution in [0.15, 0.2) is 41.3 Å². The Balaban J connectivity index is 1.76. The number of anilines is 1. The van der Waals surface area contributed by atoms with Gasteiger partial charge in [0, 0.05) is 30.9 Å². The number of amides is 1. The Bertz CT molecular complexity index is 1050. The summed E-state index contributed by atoms with van der Waals surface area (Å²) in [6, 6.07) is 7.34. The summed E-state index contributed by atoms with van der Waals surface area (Å²) < 4.78 is 64.1. The highest BCUT2D eigenvalue weighted by Gasteiger charge is 2.34. The molecule has 0 unspecified atom stereocenters. The Hall–Kier alpha value is -2.72. The molecule has 0 bridgehead atoms. The van der Waals surface area contributed by atoms with Gasteiger partial charge in [-0.25, -0.2) is 17.2 Å². The normalized spacial score (nSPS) is 17.4. The summed E-state index contributed by atoms with van der Waals surface area (Å²) in [4.78, 5) is 12.6. The van der Waals surface area contributed by atoms with Gasteiger partial charge in [0.2, 0.25) is 15.9 Å². The molecule has 3 rings (SSSR count). The van der Waals surface area contributed by atoms with Gasteiger partial charge in [-0.1, -0.05) is 0 Å². The number of nitrogens with zero attached hydrogens (tertiary/aromatic N) is 1. The van der Waals surface area contributed by atoms with E-state index in [9.17, 15) is 22.0 Å². The number of ether oxygens (including phenoxy) is 2. The van der Waals surface area contributed by atoms with Crippen LogP contribution in [0.25, 0.3) is 0 Å². The van der Waals surface area contributed by atoms with Crippen LogP contribution in [-0.4, -0.2) is 45.9 Å². The third-order valence-electron chi connectivity index (χ3n) is 4.93. The van der Waals surface area contributed by atoms with E-state index >= 15 is 0 Å². The molecule has 1 saturated heterocycles. The fourth-order valence-electron chi connectivity index (χ4n) is 3.32. The number of rotatable bonds is 6. The molecule has 0 spiro atoms. The van der Waals surface area contributed by atoms with E-state index in [4.69, 9.17) is 9.47 Å². The summed E-state index contributed by atoms with van der Waals surface area (Å²) in [5.74, 6) is -2.48. The van der Waals surface area contributed by atoms with Gasteiger partial charge in [0.15, 0.2) is 23.1 Å². The summed E-state index contributed by atoms with van der Waals surface area (Å²) in [7, 11) is -1.00. The average Bonchev–Trinajstić information content (AvgIpc) is 2.75. The molecule has 162 valence electrons. The maximum atomic E-state index is 13.4. The lowest BCUT2D eigenvalue weighted by atomic mass is 9.98. The van der Waals surface area contributed by atoms with Crippen LogP contribution in [0.5, 0.6) is 11.5 Å². The molecule has 1 amide bonds. The van der Waals surface area contributed by atoms with Crippen molar-refractivity contribution < 1.29 is 31.5 Å². The van der Waals surface area contributed by atoms with Crippen LogP contribution < -0.4 is 14.8 Å². The number of sulfonamides is 1. The molecule has 1 atom stereocenters. The van der Waals surface area contributed by atoms with Gasteiger partial charge in [0.25, 0.3) is 0 Å². The summed E-state index contributed by atoms with van der Waals surface area (Å²) >= 11 is 0. The van der Waals surface area contributed by atoms with Crippen LogP contribution in [-0.2, 0) is 14.8 Å². The number of benzene rings is 2. The Labute approximate surface area is 173 Å². The standard InChI is InChI=1S/C20H22F2N2O5S/c1-28-18-8-6-15(11-19(18)29-2)30(26,27)24-9-3-4-13(12-24)20(25)23-14-5-7-16(21)17(22)10-14/h5-8,10-11,13H,3-4,9,12H2,1-2H3,(H,23,25)/t13-/m1/s1. The topological polar surface area (TPSA) is 84.9 Å². The van der Waals surface area contributed by atoms with E-state index in [-0.39, 0.29) is 29.4 Å². The summed E-state index contributed by atoms with van der Waals surface area (Å²) in [6.07, 6.45) is 0.968. The van der Waals surface area contributed by atoms with Gasteiger partial charge in [0.05, 0.1) is 25.0 Å². The predicted octanol–water partition coefficient (Wildman–Crippen LogP) is 3.02. The number of hydrogen-bond donors (Lipinski definition) is 1. The summed E-state index contributed by atoms with van der Waals surface area (Å²) in [5.41, 5.74) is 0.110. The molecule has 30 heavy (non-hydrogen) atoms. The van der Waals surface area contributed by atoms with E-state index in [2.05, 4.69) is 5.32 Å². The second-order valence-electron chi connectivity index (χ2n) is 6.84. The summed E-state index contributed by atoms with van der Waals surface area (Å²) in [6.45, 7) is 0.248. The first-order valence-electron chi connectivity index (χ1n) is 9.24. The molecular weight excluding hydrogens is 418 g/mol. The lowest BCUT2D eigenvalue weighted by Gasteiger charge is -2.31. The number of methoxy groups -OCH3 is 2. The van der Waals surface area contributed by atoms with Crippen LogP contribution in [0.1, 0.15) is 12.8 Å². The van der Waals surface area contributed by atoms with Crippen molar-refractivity contribution in [3.63, 3.8) is 0 Å². The van der Waals surface area contributed by atoms with Gasteiger partial charge in [-0.15, -0.1) is 0 Å². The number of carbonyl (C=O) groups is 1. The summed E-state index contributed by atoms with van der Waals surface area (Å²) in [5, 5.41) is 2.52. The Kier molecular flexibility index (Phi) is 6.57. The molecular formula is C20H22F2N2O5S. The SMILES string of the molecule is COc1ccc(S(=O)(=O)N2CCC[C@@H](C(=O)Nc3ccc(F)c(F)c3)C2)cc1OC. The zero-order valence-electron chi connectivity index (χ0n) is 16.5. The van der Waals surface area contributed by atoms with Gasteiger partial charge >= 0.3 is 0 Å². The molecule has 0 aliphatic carbocycles. The Morgan fingerprint density at radius 1 is 1.07 bits per heavy atom. The lowest BCUT2D eigenvalue weighted by Crippen LogP contribution is -2.43. The highest BCUT2D eigenvalue weighted by molar-refractivity contribution is 7.89. The van der Waals surface area contributed by atoms with Crippen molar-refractivity contribution >= 4 is 21.6 Å². The fourth-order valence-corrected chi connectivity index (χ4v) is 4.86. The molecule has 2 aromatic rings. The second-order valence-corrected chi connectivity index (χ2v) is 8.78. The zero-order valence-corrected chi connectivity index (χ0v) is 17.3. The first-order valence-corrected chi connectivity index (χ1v) is 10.7. The van der Waals surface area contributed by atoms with Gasteiger partial charge in [-0.05, 0) is 37.1 Å². The number of nitrogens with one attached hydrogen (secondary N) is 1. The van der Waals surface area contributed by atoms with E-state index < -0.39 is 33.5 Å². The van der Waals surface area contributed by atoms with E-state index in [1.165, 1.54) is 42.8 Å². The first-order chi connectivity index (χ1) is 14.3. The number of piperidine rings is 1. The molecule has 0 saturated carbocycles. The number of hydrogen-bond acceptors (Lipinski definition) is 5. The van der Waals surface area contributed by atoms with Gasteiger partial charge in [-0.2, -0.15) is 4.31 Å². The van der Waals surface area contributed by atoms with Gasteiger partial charge in [0.1, 0.15) is 0 Å². The third kappa shape index (κ3) is 4.54. The molecule has 0 aromatic heterocycles. The maximum absolute atomic E-state index is 13.4. The smallest absolute Gasteiger partial charge is 0.243 e. The fraction of sp³-hybridized carbons (Fsp3) is 0.350. The predicted molar refractivity (Wildman–Crippen MR) is 106 cm³/mol. The highest BCUT2D eigenvalue weighted by atomic mass is 32.2. The lowest BCUT2D eigenvalue weighted by molar-refractivity contribution is -0.120. The molecule has 0 radical (unpaired) electrons. The van der Waals surface area contributed by atoms with Crippen molar-refractivity contribution in [2.75, 3.05) is 32.6 Å². The van der Waals surface area contributed by atoms with E-state index in [1.54, 1.807) is 0 Å². The monoisotopic (exact) mass is 440 g/mol. The Morgan fingerprint density at radius 2 is 1.80 bits per heavy atom. The van der Waals surface area contributed by atoms with Crippen molar-refractivity contribution in [3.05, 3.63) is 48.0 Å². The molecule has 7 nitrogen and oxygen atoms in total. The third-order valence-corrected chi connectivity index (χ3v) is 6.80. The van der Waals surface area contributed by atoms with Crippen molar-refractivity contribution in [1.29, 1.82) is 0 Å². The van der Waals surface area contributed by atoms with Crippen LogP contribution in [0.2, 0.25) is 0 Å². The molecule has 2 aromatic carbocycles. The van der Waals surface area contributed by atoms with Crippen LogP contribution in [0.4, 0.5) is 14.5 Å². The minimum absolute atomic E-state index is 0.0216. The second kappa shape index (κ2) is 8.97. The number of halogens is 2. The van der Waals surface area contributed by atoms with Crippen molar-refractivity contribution in [3.8, 4) is 11.5 Å². The molecule has 10 heteroatoms. The van der Waals surface area contributed by atoms with Crippen molar-refractivity contribution in [2.24, 2.45) is 5.92 Å². The van der Waals surface area contributed by atoms with E-state index in [0.717, 1.165) is 12.1 Å². The van der Waals surface area contributed by atoms with Crippen molar-refractivity contribution in [2.45, 2.75) is 17.7 Å². The van der Waals surface area contributed by atoms with Gasteiger partial charge in [-0.3, -0.25) is 4.79 Å². The molecule has 1 heterocycles. The van der Waals surface area contributed by atoms with Crippen LogP contribution in [0.3, 0.4) is 0 Å².